The molecule has 74 valence electrons. The molecule has 14 heavy (non-hydrogen) atoms. The maximum absolute atomic E-state index is 11.4. The van der Waals surface area contributed by atoms with Gasteiger partial charge < -0.3 is 4.74 Å². The molecule has 0 aromatic heterocycles. The number of Topliss-reactive ketones (excluding diaryl/α,β-unsaturated/α-hetero) is 1. The van der Waals surface area contributed by atoms with E-state index in [1.807, 2.05) is 19.1 Å². The third kappa shape index (κ3) is 1.41. The summed E-state index contributed by atoms with van der Waals surface area (Å²) in [5.41, 5.74) is 2.24. The summed E-state index contributed by atoms with van der Waals surface area (Å²) in [6.45, 7) is 2.03. The van der Waals surface area contributed by atoms with Gasteiger partial charge in [-0.1, -0.05) is 17.7 Å². The number of rotatable bonds is 2. The molecule has 1 aliphatic rings. The molecule has 0 amide bonds. The lowest BCUT2D eigenvalue weighted by Crippen LogP contribution is -2.23. The van der Waals surface area contributed by atoms with Crippen LogP contribution < -0.4 is 4.74 Å². The van der Waals surface area contributed by atoms with Crippen molar-refractivity contribution in [3.63, 3.8) is 0 Å². The van der Waals surface area contributed by atoms with Crippen molar-refractivity contribution in [2.75, 3.05) is 7.11 Å². The van der Waals surface area contributed by atoms with Crippen molar-refractivity contribution in [3.05, 3.63) is 29.3 Å². The first-order valence-corrected chi connectivity index (χ1v) is 4.89. The van der Waals surface area contributed by atoms with E-state index < -0.39 is 0 Å². The standard InChI is InChI=1S/C12H14O2/c1-8-3-6-12(14-2)10(7-8)9-4-5-11(9)13/h3,6-7,9H,4-5H2,1-2H3. The highest BCUT2D eigenvalue weighted by Crippen LogP contribution is 2.38. The lowest BCUT2D eigenvalue weighted by molar-refractivity contribution is -0.125. The van der Waals surface area contributed by atoms with Gasteiger partial charge in [-0.3, -0.25) is 4.79 Å². The van der Waals surface area contributed by atoms with Crippen LogP contribution in [-0.4, -0.2) is 12.9 Å². The first-order valence-electron chi connectivity index (χ1n) is 4.89. The second-order valence-corrected chi connectivity index (χ2v) is 3.80. The van der Waals surface area contributed by atoms with Crippen molar-refractivity contribution in [1.82, 2.24) is 0 Å². The molecule has 2 heteroatoms. The number of benzene rings is 1. The zero-order valence-electron chi connectivity index (χ0n) is 8.54. The molecule has 1 unspecified atom stereocenters. The Labute approximate surface area is 83.9 Å². The minimum absolute atomic E-state index is 0.0878. The van der Waals surface area contributed by atoms with Gasteiger partial charge in [0.25, 0.3) is 0 Å². The normalized spacial score (nSPS) is 20.4. The van der Waals surface area contributed by atoms with Gasteiger partial charge in [0, 0.05) is 17.9 Å². The van der Waals surface area contributed by atoms with Crippen LogP contribution in [0.5, 0.6) is 5.75 Å². The molecule has 0 N–H and O–H groups in total. The highest BCUT2D eigenvalue weighted by Gasteiger charge is 2.31. The van der Waals surface area contributed by atoms with Crippen molar-refractivity contribution >= 4 is 5.78 Å². The predicted molar refractivity (Wildman–Crippen MR) is 54.7 cm³/mol. The summed E-state index contributed by atoms with van der Waals surface area (Å²) in [5, 5.41) is 0. The van der Waals surface area contributed by atoms with E-state index in [1.165, 1.54) is 5.56 Å². The van der Waals surface area contributed by atoms with Crippen LogP contribution in [0.4, 0.5) is 0 Å². The molecule has 0 bridgehead atoms. The highest BCUT2D eigenvalue weighted by molar-refractivity contribution is 5.91. The molecule has 1 saturated carbocycles. The van der Waals surface area contributed by atoms with Crippen LogP contribution in [-0.2, 0) is 4.79 Å². The van der Waals surface area contributed by atoms with Gasteiger partial charge >= 0.3 is 0 Å². The number of carbonyl (C=O) groups excluding carboxylic acids is 1. The van der Waals surface area contributed by atoms with Gasteiger partial charge in [-0.15, -0.1) is 0 Å². The summed E-state index contributed by atoms with van der Waals surface area (Å²) in [6.07, 6.45) is 1.69. The predicted octanol–water partition coefficient (Wildman–Crippen LogP) is 2.45. The van der Waals surface area contributed by atoms with E-state index in [-0.39, 0.29) is 5.92 Å². The molecule has 2 rings (SSSR count). The molecule has 0 spiro atoms. The largest absolute Gasteiger partial charge is 0.496 e. The fourth-order valence-corrected chi connectivity index (χ4v) is 1.86. The third-order valence-corrected chi connectivity index (χ3v) is 2.83. The van der Waals surface area contributed by atoms with Gasteiger partial charge in [-0.2, -0.15) is 0 Å². The number of carbonyl (C=O) groups is 1. The van der Waals surface area contributed by atoms with Crippen molar-refractivity contribution in [2.24, 2.45) is 0 Å². The molecule has 1 fully saturated rings. The smallest absolute Gasteiger partial charge is 0.140 e. The quantitative estimate of drug-likeness (QED) is 0.716. The number of ketones is 1. The molecule has 0 saturated heterocycles. The van der Waals surface area contributed by atoms with E-state index in [9.17, 15) is 4.79 Å². The van der Waals surface area contributed by atoms with Crippen molar-refractivity contribution in [1.29, 1.82) is 0 Å². The zero-order valence-corrected chi connectivity index (χ0v) is 8.54. The van der Waals surface area contributed by atoms with Gasteiger partial charge in [0.15, 0.2) is 0 Å². The molecule has 0 radical (unpaired) electrons. The first kappa shape index (κ1) is 9.25. The van der Waals surface area contributed by atoms with Crippen LogP contribution in [0.2, 0.25) is 0 Å². The number of hydrogen-bond acceptors (Lipinski definition) is 2. The monoisotopic (exact) mass is 190 g/mol. The van der Waals surface area contributed by atoms with E-state index in [1.54, 1.807) is 7.11 Å². The van der Waals surface area contributed by atoms with Crippen LogP contribution in [0, 0.1) is 6.92 Å². The summed E-state index contributed by atoms with van der Waals surface area (Å²) in [4.78, 5) is 11.4. The van der Waals surface area contributed by atoms with Crippen molar-refractivity contribution in [3.8, 4) is 5.75 Å². The van der Waals surface area contributed by atoms with Crippen LogP contribution in [0.15, 0.2) is 18.2 Å². The lowest BCUT2D eigenvalue weighted by Gasteiger charge is -2.26. The molecule has 0 heterocycles. The Balaban J connectivity index is 2.39. The summed E-state index contributed by atoms with van der Waals surface area (Å²) in [6, 6.07) is 6.00. The Kier molecular flexibility index (Phi) is 2.28. The van der Waals surface area contributed by atoms with E-state index in [2.05, 4.69) is 6.07 Å². The molecule has 1 atom stereocenters. The number of aryl methyl sites for hydroxylation is 1. The summed E-state index contributed by atoms with van der Waals surface area (Å²) in [7, 11) is 1.65. The highest BCUT2D eigenvalue weighted by atomic mass is 16.5. The van der Waals surface area contributed by atoms with E-state index in [0.717, 1.165) is 24.2 Å². The van der Waals surface area contributed by atoms with Crippen LogP contribution in [0.25, 0.3) is 0 Å². The Bertz CT molecular complexity index is 369. The molecule has 2 nitrogen and oxygen atoms in total. The number of hydrogen-bond donors (Lipinski definition) is 0. The third-order valence-electron chi connectivity index (χ3n) is 2.83. The van der Waals surface area contributed by atoms with Crippen LogP contribution in [0.1, 0.15) is 29.9 Å². The average Bonchev–Trinajstić information content (AvgIpc) is 2.16. The Morgan fingerprint density at radius 2 is 2.21 bits per heavy atom. The van der Waals surface area contributed by atoms with Crippen LogP contribution in [0.3, 0.4) is 0 Å². The molecule has 1 aromatic rings. The molecule has 0 aliphatic heterocycles. The summed E-state index contributed by atoms with van der Waals surface area (Å²) < 4.78 is 5.25. The fraction of sp³-hybridized carbons (Fsp3) is 0.417. The van der Waals surface area contributed by atoms with E-state index in [0.29, 0.717) is 5.78 Å². The minimum atomic E-state index is 0.0878. The molecule has 1 aliphatic carbocycles. The zero-order chi connectivity index (χ0) is 10.1. The van der Waals surface area contributed by atoms with Gasteiger partial charge in [0.1, 0.15) is 11.5 Å². The Morgan fingerprint density at radius 1 is 1.43 bits per heavy atom. The van der Waals surface area contributed by atoms with Gasteiger partial charge in [0.2, 0.25) is 0 Å². The van der Waals surface area contributed by atoms with Gasteiger partial charge in [-0.25, -0.2) is 0 Å². The second kappa shape index (κ2) is 3.45. The van der Waals surface area contributed by atoms with Gasteiger partial charge in [0.05, 0.1) is 7.11 Å². The topological polar surface area (TPSA) is 26.3 Å². The summed E-state index contributed by atoms with van der Waals surface area (Å²) >= 11 is 0. The van der Waals surface area contributed by atoms with Crippen molar-refractivity contribution in [2.45, 2.75) is 25.7 Å². The molecule has 1 aromatic carbocycles. The van der Waals surface area contributed by atoms with Gasteiger partial charge in [-0.05, 0) is 19.4 Å². The van der Waals surface area contributed by atoms with E-state index >= 15 is 0 Å². The minimum Gasteiger partial charge on any atom is -0.496 e. The average molecular weight is 190 g/mol. The number of ether oxygens (including phenoxy) is 1. The maximum Gasteiger partial charge on any atom is 0.140 e. The molecular formula is C12H14O2. The summed E-state index contributed by atoms with van der Waals surface area (Å²) in [5.74, 6) is 1.27. The SMILES string of the molecule is COc1ccc(C)cc1C1CCC1=O. The second-order valence-electron chi connectivity index (χ2n) is 3.80. The lowest BCUT2D eigenvalue weighted by atomic mass is 9.78. The Hall–Kier alpha value is -1.31. The first-order chi connectivity index (χ1) is 6.72. The van der Waals surface area contributed by atoms with Crippen LogP contribution >= 0.6 is 0 Å². The Morgan fingerprint density at radius 3 is 2.71 bits per heavy atom. The fourth-order valence-electron chi connectivity index (χ4n) is 1.86. The maximum atomic E-state index is 11.4. The van der Waals surface area contributed by atoms with E-state index in [4.69, 9.17) is 4.74 Å². The molecular weight excluding hydrogens is 176 g/mol. The number of methoxy groups -OCH3 is 1. The van der Waals surface area contributed by atoms with Crippen molar-refractivity contribution < 1.29 is 9.53 Å².